The molecule has 1 atom stereocenters. The third-order valence-corrected chi connectivity index (χ3v) is 9.09. The fourth-order valence-corrected chi connectivity index (χ4v) is 6.66. The molecule has 5 aromatic rings. The van der Waals surface area contributed by atoms with Crippen molar-refractivity contribution in [2.24, 2.45) is 4.99 Å². The van der Waals surface area contributed by atoms with Crippen molar-refractivity contribution in [3.8, 4) is 17.2 Å². The molecule has 0 saturated carbocycles. The molecule has 0 fully saturated rings. The summed E-state index contributed by atoms with van der Waals surface area (Å²) < 4.78 is 20.6. The highest BCUT2D eigenvalue weighted by Crippen LogP contribution is 2.33. The lowest BCUT2D eigenvalue weighted by Crippen LogP contribution is -2.40. The predicted octanol–water partition coefficient (Wildman–Crippen LogP) is 6.62. The summed E-state index contributed by atoms with van der Waals surface area (Å²) in [4.78, 5) is 33.3. The minimum atomic E-state index is -0.722. The quantitative estimate of drug-likeness (QED) is 0.176. The van der Waals surface area contributed by atoms with Crippen molar-refractivity contribution in [2.45, 2.75) is 26.5 Å². The number of aromatic nitrogens is 1. The molecule has 47 heavy (non-hydrogen) atoms. The van der Waals surface area contributed by atoms with Crippen molar-refractivity contribution in [3.05, 3.63) is 149 Å². The molecular weight excluding hydrogens is 678 g/mol. The molecule has 6 rings (SSSR count). The normalized spacial score (nSPS) is 14.3. The largest absolute Gasteiger partial charge is 0.497 e. The number of amides is 1. The van der Waals surface area contributed by atoms with E-state index in [2.05, 4.69) is 21.2 Å². The zero-order valence-corrected chi connectivity index (χ0v) is 28.4. The van der Waals surface area contributed by atoms with E-state index in [4.69, 9.17) is 19.2 Å². The van der Waals surface area contributed by atoms with Gasteiger partial charge in [-0.3, -0.25) is 14.2 Å². The average Bonchev–Trinajstić information content (AvgIpc) is 3.38. The van der Waals surface area contributed by atoms with Gasteiger partial charge in [0.2, 0.25) is 0 Å². The Morgan fingerprint density at radius 1 is 0.979 bits per heavy atom. The number of rotatable bonds is 10. The van der Waals surface area contributed by atoms with Crippen LogP contribution in [-0.4, -0.2) is 24.2 Å². The summed E-state index contributed by atoms with van der Waals surface area (Å²) in [5.41, 5.74) is 3.83. The van der Waals surface area contributed by atoms with Gasteiger partial charge in [0, 0.05) is 10.2 Å². The second-order valence-electron chi connectivity index (χ2n) is 10.7. The molecule has 1 aromatic heterocycles. The lowest BCUT2D eigenvalue weighted by atomic mass is 9.95. The SMILES string of the molecule is CCOc1cc(/C=c2\sc3n(c2=O)[C@H](c2cccc(OC)c2)C(C(=O)Nc2ccccc2)=C(C)N=3)ccc1OCc1ccc(Br)cc1. The molecule has 0 unspecified atom stereocenters. The molecule has 1 aliphatic heterocycles. The van der Waals surface area contributed by atoms with E-state index in [1.54, 1.807) is 18.6 Å². The Morgan fingerprint density at radius 2 is 1.77 bits per heavy atom. The zero-order valence-electron chi connectivity index (χ0n) is 26.0. The predicted molar refractivity (Wildman–Crippen MR) is 188 cm³/mol. The minimum absolute atomic E-state index is 0.257. The van der Waals surface area contributed by atoms with E-state index in [1.807, 2.05) is 110 Å². The molecule has 0 aliphatic carbocycles. The van der Waals surface area contributed by atoms with Gasteiger partial charge in [-0.1, -0.05) is 75.8 Å². The van der Waals surface area contributed by atoms with Crippen LogP contribution in [0, 0.1) is 0 Å². The summed E-state index contributed by atoms with van der Waals surface area (Å²) in [6.07, 6.45) is 1.82. The smallest absolute Gasteiger partial charge is 0.271 e. The number of halogens is 1. The van der Waals surface area contributed by atoms with Gasteiger partial charge in [0.05, 0.1) is 35.6 Å². The number of fused-ring (bicyclic) bond motifs is 1. The Labute approximate surface area is 284 Å². The molecule has 0 spiro atoms. The monoisotopic (exact) mass is 709 g/mol. The first kappa shape index (κ1) is 32.0. The lowest BCUT2D eigenvalue weighted by molar-refractivity contribution is -0.113. The zero-order chi connectivity index (χ0) is 32.9. The molecule has 10 heteroatoms. The number of allylic oxidation sites excluding steroid dienone is 1. The van der Waals surface area contributed by atoms with Crippen molar-refractivity contribution in [3.63, 3.8) is 0 Å². The second kappa shape index (κ2) is 14.2. The summed E-state index contributed by atoms with van der Waals surface area (Å²) >= 11 is 4.73. The van der Waals surface area contributed by atoms with Crippen molar-refractivity contribution >= 4 is 44.9 Å². The Bertz CT molecular complexity index is 2140. The van der Waals surface area contributed by atoms with Crippen LogP contribution in [0.3, 0.4) is 0 Å². The Hall–Kier alpha value is -4.93. The number of para-hydroxylation sites is 1. The molecule has 0 saturated heterocycles. The number of hydrogen-bond donors (Lipinski definition) is 1. The third kappa shape index (κ3) is 7.08. The van der Waals surface area contributed by atoms with Gasteiger partial charge in [-0.25, -0.2) is 4.99 Å². The highest BCUT2D eigenvalue weighted by molar-refractivity contribution is 9.10. The molecule has 8 nitrogen and oxygen atoms in total. The molecule has 1 aliphatic rings. The van der Waals surface area contributed by atoms with Crippen molar-refractivity contribution < 1.29 is 19.0 Å². The van der Waals surface area contributed by atoms with Crippen LogP contribution >= 0.6 is 27.3 Å². The summed E-state index contributed by atoms with van der Waals surface area (Å²) in [6.45, 7) is 4.55. The van der Waals surface area contributed by atoms with Crippen molar-refractivity contribution in [1.82, 2.24) is 4.57 Å². The van der Waals surface area contributed by atoms with E-state index in [-0.39, 0.29) is 11.5 Å². The van der Waals surface area contributed by atoms with Gasteiger partial charge in [0.25, 0.3) is 11.5 Å². The van der Waals surface area contributed by atoms with E-state index < -0.39 is 6.04 Å². The molecule has 1 amide bonds. The number of nitrogens with zero attached hydrogens (tertiary/aromatic N) is 2. The van der Waals surface area contributed by atoms with Gasteiger partial charge in [0.1, 0.15) is 12.4 Å². The summed E-state index contributed by atoms with van der Waals surface area (Å²) in [6, 6.07) is 29.4. The minimum Gasteiger partial charge on any atom is -0.497 e. The summed E-state index contributed by atoms with van der Waals surface area (Å²) in [5, 5.41) is 2.98. The number of hydrogen-bond acceptors (Lipinski definition) is 7. The van der Waals surface area contributed by atoms with Crippen LogP contribution in [0.15, 0.2) is 123 Å². The number of anilines is 1. The number of carbonyl (C=O) groups is 1. The Kier molecular flexibility index (Phi) is 9.70. The van der Waals surface area contributed by atoms with E-state index in [9.17, 15) is 9.59 Å². The standard InChI is InChI=1S/C37H32BrN3O5S/c1-4-45-31-19-25(15-18-30(31)46-22-24-13-16-27(38)17-14-24)20-32-36(43)41-34(26-9-8-12-29(21-26)44-3)33(23(2)39-37(41)47-32)35(42)40-28-10-6-5-7-11-28/h5-21,34H,4,22H2,1-3H3,(H,40,42)/b32-20-/t34-/m1/s1. The highest BCUT2D eigenvalue weighted by atomic mass is 79.9. The maximum absolute atomic E-state index is 14.2. The van der Waals surface area contributed by atoms with Crippen LogP contribution in [0.1, 0.15) is 36.6 Å². The van der Waals surface area contributed by atoms with Crippen LogP contribution in [0.5, 0.6) is 17.2 Å². The second-order valence-corrected chi connectivity index (χ2v) is 12.7. The van der Waals surface area contributed by atoms with E-state index >= 15 is 0 Å². The number of methoxy groups -OCH3 is 1. The topological polar surface area (TPSA) is 91.2 Å². The number of carbonyl (C=O) groups excluding carboxylic acids is 1. The molecule has 2 heterocycles. The van der Waals surface area contributed by atoms with Gasteiger partial charge in [-0.15, -0.1) is 0 Å². The molecule has 0 bridgehead atoms. The first-order valence-corrected chi connectivity index (χ1v) is 16.6. The number of thiazole rings is 1. The van der Waals surface area contributed by atoms with Crippen LogP contribution < -0.4 is 34.4 Å². The van der Waals surface area contributed by atoms with Crippen LogP contribution in [0.25, 0.3) is 6.08 Å². The van der Waals surface area contributed by atoms with Crippen LogP contribution in [0.2, 0.25) is 0 Å². The Balaban J connectivity index is 1.39. The first-order chi connectivity index (χ1) is 22.8. The lowest BCUT2D eigenvalue weighted by Gasteiger charge is -2.25. The van der Waals surface area contributed by atoms with Crippen LogP contribution in [0.4, 0.5) is 5.69 Å². The highest BCUT2D eigenvalue weighted by Gasteiger charge is 2.32. The summed E-state index contributed by atoms with van der Waals surface area (Å²) in [7, 11) is 1.59. The van der Waals surface area contributed by atoms with E-state index in [0.29, 0.717) is 56.8 Å². The van der Waals surface area contributed by atoms with Gasteiger partial charge >= 0.3 is 0 Å². The number of ether oxygens (including phenoxy) is 3. The molecule has 238 valence electrons. The third-order valence-electron chi connectivity index (χ3n) is 7.58. The Morgan fingerprint density at radius 3 is 2.51 bits per heavy atom. The fraction of sp³-hybridized carbons (Fsp3) is 0.162. The fourth-order valence-electron chi connectivity index (χ4n) is 5.35. The van der Waals surface area contributed by atoms with Crippen LogP contribution in [-0.2, 0) is 11.4 Å². The van der Waals surface area contributed by atoms with Gasteiger partial charge < -0.3 is 19.5 Å². The summed E-state index contributed by atoms with van der Waals surface area (Å²) in [5.74, 6) is 1.47. The van der Waals surface area contributed by atoms with E-state index in [1.165, 1.54) is 11.3 Å². The average molecular weight is 711 g/mol. The molecule has 0 radical (unpaired) electrons. The first-order valence-electron chi connectivity index (χ1n) is 15.0. The molecule has 1 N–H and O–H groups in total. The van der Waals surface area contributed by atoms with E-state index in [0.717, 1.165) is 21.2 Å². The number of benzene rings is 4. The van der Waals surface area contributed by atoms with Gasteiger partial charge in [0.15, 0.2) is 16.3 Å². The maximum Gasteiger partial charge on any atom is 0.271 e. The van der Waals surface area contributed by atoms with Crippen molar-refractivity contribution in [1.29, 1.82) is 0 Å². The molecule has 4 aromatic carbocycles. The van der Waals surface area contributed by atoms with Gasteiger partial charge in [-0.05, 0) is 85.1 Å². The maximum atomic E-state index is 14.2. The van der Waals surface area contributed by atoms with Crippen molar-refractivity contribution in [2.75, 3.05) is 19.0 Å². The number of nitrogens with one attached hydrogen (secondary N) is 1. The molecular formula is C37H32BrN3O5S. The van der Waals surface area contributed by atoms with Gasteiger partial charge in [-0.2, -0.15) is 0 Å².